The summed E-state index contributed by atoms with van der Waals surface area (Å²) in [5.74, 6) is 1.61. The van der Waals surface area contributed by atoms with Crippen LogP contribution in [0.5, 0.6) is 0 Å². The average Bonchev–Trinajstić information content (AvgIpc) is 3.40. The molecule has 0 aliphatic heterocycles. The Labute approximate surface area is 232 Å². The maximum atomic E-state index is 4.65. The van der Waals surface area contributed by atoms with Gasteiger partial charge in [-0.15, -0.1) is 10.2 Å². The number of nitrogens with zero attached hydrogens (tertiary/aromatic N) is 3. The lowest BCUT2D eigenvalue weighted by Crippen LogP contribution is -2.00. The summed E-state index contributed by atoms with van der Waals surface area (Å²) < 4.78 is 4.27. The van der Waals surface area contributed by atoms with Gasteiger partial charge in [0.15, 0.2) is 11.6 Å². The first-order valence-corrected chi connectivity index (χ1v) is 13.5. The molecule has 1 aromatic heterocycles. The molecule has 0 aliphatic carbocycles. The SMILES string of the molecule is Brc1ccc(-c2ccc(-c3nnc(-c4ccc(-c5ccc(Br)cc5)cc4)n3-c3ccccc3)cc2)cc1. The van der Waals surface area contributed by atoms with Crippen LogP contribution in [-0.2, 0) is 0 Å². The molecule has 0 unspecified atom stereocenters. The zero-order valence-electron chi connectivity index (χ0n) is 19.7. The molecule has 0 saturated heterocycles. The fourth-order valence-electron chi connectivity index (χ4n) is 4.39. The molecule has 0 amide bonds. The highest BCUT2D eigenvalue weighted by Crippen LogP contribution is 2.32. The second-order valence-electron chi connectivity index (χ2n) is 8.69. The minimum Gasteiger partial charge on any atom is -0.275 e. The largest absolute Gasteiger partial charge is 0.275 e. The van der Waals surface area contributed by atoms with Crippen LogP contribution in [0.3, 0.4) is 0 Å². The molecule has 3 nitrogen and oxygen atoms in total. The van der Waals surface area contributed by atoms with Crippen LogP contribution >= 0.6 is 31.9 Å². The fraction of sp³-hybridized carbons (Fsp3) is 0. The summed E-state index contributed by atoms with van der Waals surface area (Å²) in [4.78, 5) is 0. The standard InChI is InChI=1S/C32H21Br2N3/c33-28-18-14-24(15-19-28)22-6-10-26(11-7-22)31-35-36-32(37(31)30-4-2-1-3-5-30)27-12-8-23(9-13-27)25-16-20-29(34)21-17-25/h1-21H. The van der Waals surface area contributed by atoms with Crippen molar-refractivity contribution < 1.29 is 0 Å². The zero-order valence-corrected chi connectivity index (χ0v) is 22.9. The number of para-hydroxylation sites is 1. The maximum absolute atomic E-state index is 4.65. The van der Waals surface area contributed by atoms with Gasteiger partial charge in [0.2, 0.25) is 0 Å². The number of hydrogen-bond donors (Lipinski definition) is 0. The molecule has 5 aromatic carbocycles. The van der Waals surface area contributed by atoms with E-state index in [0.717, 1.165) is 48.5 Å². The molecule has 0 aliphatic rings. The summed E-state index contributed by atoms with van der Waals surface area (Å²) in [7, 11) is 0. The number of rotatable bonds is 5. The van der Waals surface area contributed by atoms with Crippen LogP contribution in [0.2, 0.25) is 0 Å². The van der Waals surface area contributed by atoms with Crippen molar-refractivity contribution in [3.8, 4) is 50.7 Å². The number of benzene rings is 5. The van der Waals surface area contributed by atoms with Crippen LogP contribution in [0.4, 0.5) is 0 Å². The zero-order chi connectivity index (χ0) is 25.2. The Morgan fingerprint density at radius 2 is 0.703 bits per heavy atom. The molecule has 0 spiro atoms. The minimum atomic E-state index is 0.806. The Hall–Kier alpha value is -3.80. The van der Waals surface area contributed by atoms with E-state index in [4.69, 9.17) is 0 Å². The molecule has 178 valence electrons. The van der Waals surface area contributed by atoms with Gasteiger partial charge in [-0.1, -0.05) is 123 Å². The summed E-state index contributed by atoms with van der Waals surface area (Å²) in [5, 5.41) is 9.29. The van der Waals surface area contributed by atoms with Crippen molar-refractivity contribution in [2.24, 2.45) is 0 Å². The molecule has 0 atom stereocenters. The van der Waals surface area contributed by atoms with Crippen LogP contribution in [0.1, 0.15) is 0 Å². The van der Waals surface area contributed by atoms with Crippen molar-refractivity contribution in [2.45, 2.75) is 0 Å². The Balaban J connectivity index is 1.40. The van der Waals surface area contributed by atoms with E-state index < -0.39 is 0 Å². The molecular weight excluding hydrogens is 586 g/mol. The number of halogens is 2. The van der Waals surface area contributed by atoms with Gasteiger partial charge in [0.25, 0.3) is 0 Å². The maximum Gasteiger partial charge on any atom is 0.168 e. The van der Waals surface area contributed by atoms with Crippen molar-refractivity contribution in [3.05, 3.63) is 136 Å². The van der Waals surface area contributed by atoms with Gasteiger partial charge in [-0.2, -0.15) is 0 Å². The summed E-state index contributed by atoms with van der Waals surface area (Å²) in [5.41, 5.74) is 7.70. The van der Waals surface area contributed by atoms with Crippen molar-refractivity contribution in [1.82, 2.24) is 14.8 Å². The van der Waals surface area contributed by atoms with E-state index in [1.165, 1.54) is 11.1 Å². The lowest BCUT2D eigenvalue weighted by molar-refractivity contribution is 1.07. The van der Waals surface area contributed by atoms with Gasteiger partial charge in [0, 0.05) is 25.8 Å². The lowest BCUT2D eigenvalue weighted by Gasteiger charge is -2.12. The molecule has 0 bridgehead atoms. The highest BCUT2D eigenvalue weighted by molar-refractivity contribution is 9.10. The fourth-order valence-corrected chi connectivity index (χ4v) is 4.92. The molecule has 0 radical (unpaired) electrons. The van der Waals surface area contributed by atoms with Crippen molar-refractivity contribution >= 4 is 31.9 Å². The van der Waals surface area contributed by atoms with Crippen LogP contribution in [0.25, 0.3) is 50.7 Å². The molecule has 5 heteroatoms. The molecule has 6 aromatic rings. The van der Waals surface area contributed by atoms with Crippen molar-refractivity contribution in [1.29, 1.82) is 0 Å². The van der Waals surface area contributed by atoms with Crippen LogP contribution in [-0.4, -0.2) is 14.8 Å². The van der Waals surface area contributed by atoms with E-state index in [-0.39, 0.29) is 0 Å². The highest BCUT2D eigenvalue weighted by atomic mass is 79.9. The topological polar surface area (TPSA) is 30.7 Å². The lowest BCUT2D eigenvalue weighted by atomic mass is 10.0. The monoisotopic (exact) mass is 605 g/mol. The minimum absolute atomic E-state index is 0.806. The van der Waals surface area contributed by atoms with Gasteiger partial charge in [0.1, 0.15) is 0 Å². The average molecular weight is 607 g/mol. The normalized spacial score (nSPS) is 11.0. The van der Waals surface area contributed by atoms with Gasteiger partial charge in [-0.3, -0.25) is 4.57 Å². The van der Waals surface area contributed by atoms with Crippen LogP contribution < -0.4 is 0 Å². The van der Waals surface area contributed by atoms with Crippen molar-refractivity contribution in [2.75, 3.05) is 0 Å². The van der Waals surface area contributed by atoms with E-state index in [1.807, 2.05) is 18.2 Å². The molecular formula is C32H21Br2N3. The van der Waals surface area contributed by atoms with Gasteiger partial charge in [-0.05, 0) is 58.7 Å². The van der Waals surface area contributed by atoms with Gasteiger partial charge in [0.05, 0.1) is 0 Å². The van der Waals surface area contributed by atoms with Gasteiger partial charge >= 0.3 is 0 Å². The van der Waals surface area contributed by atoms with E-state index >= 15 is 0 Å². The Morgan fingerprint density at radius 3 is 1.08 bits per heavy atom. The first kappa shape index (κ1) is 23.6. The third kappa shape index (κ3) is 4.93. The predicted octanol–water partition coefficient (Wildman–Crippen LogP) is 9.46. The molecule has 6 rings (SSSR count). The summed E-state index contributed by atoms with van der Waals surface area (Å²) >= 11 is 7.02. The molecule has 0 saturated carbocycles. The van der Waals surface area contributed by atoms with E-state index in [9.17, 15) is 0 Å². The third-order valence-electron chi connectivity index (χ3n) is 6.32. The quantitative estimate of drug-likeness (QED) is 0.196. The summed E-state index contributed by atoms with van der Waals surface area (Å²) in [6.45, 7) is 0. The van der Waals surface area contributed by atoms with Gasteiger partial charge < -0.3 is 0 Å². The Bertz CT molecular complexity index is 1530. The first-order chi connectivity index (χ1) is 18.2. The molecule has 0 fully saturated rings. The number of hydrogen-bond acceptors (Lipinski definition) is 2. The summed E-state index contributed by atoms with van der Waals surface area (Å²) in [6.07, 6.45) is 0. The van der Waals surface area contributed by atoms with E-state index in [1.54, 1.807) is 0 Å². The van der Waals surface area contributed by atoms with E-state index in [2.05, 4.69) is 156 Å². The van der Waals surface area contributed by atoms with Crippen LogP contribution in [0.15, 0.2) is 136 Å². The molecule has 0 N–H and O–H groups in total. The second-order valence-corrected chi connectivity index (χ2v) is 10.5. The van der Waals surface area contributed by atoms with Crippen LogP contribution in [0, 0.1) is 0 Å². The van der Waals surface area contributed by atoms with E-state index in [0.29, 0.717) is 0 Å². The molecule has 37 heavy (non-hydrogen) atoms. The summed E-state index contributed by atoms with van der Waals surface area (Å²) in [6, 6.07) is 43.9. The van der Waals surface area contributed by atoms with Gasteiger partial charge in [-0.25, -0.2) is 0 Å². The third-order valence-corrected chi connectivity index (χ3v) is 7.38. The Kier molecular flexibility index (Phi) is 6.56. The Morgan fingerprint density at radius 1 is 0.378 bits per heavy atom. The number of aromatic nitrogens is 3. The molecule has 1 heterocycles. The first-order valence-electron chi connectivity index (χ1n) is 11.9. The predicted molar refractivity (Wildman–Crippen MR) is 159 cm³/mol. The van der Waals surface area contributed by atoms with Crippen molar-refractivity contribution in [3.63, 3.8) is 0 Å². The highest BCUT2D eigenvalue weighted by Gasteiger charge is 2.17. The smallest absolute Gasteiger partial charge is 0.168 e. The second kappa shape index (κ2) is 10.3.